The quantitative estimate of drug-likeness (QED) is 0.764. The molecule has 2 unspecified atom stereocenters. The Kier molecular flexibility index (Phi) is 6.12. The highest BCUT2D eigenvalue weighted by atomic mass is 16.5. The predicted octanol–water partition coefficient (Wildman–Crippen LogP) is 2.63. The van der Waals surface area contributed by atoms with Crippen LogP contribution in [-0.2, 0) is 11.2 Å². The van der Waals surface area contributed by atoms with Gasteiger partial charge in [-0.05, 0) is 25.3 Å². The van der Waals surface area contributed by atoms with Gasteiger partial charge in [-0.3, -0.25) is 0 Å². The van der Waals surface area contributed by atoms with Gasteiger partial charge in [0.1, 0.15) is 0 Å². The normalized spacial score (nSPS) is 14.7. The number of nitrogens with one attached hydrogen (secondary N) is 1. The lowest BCUT2D eigenvalue weighted by Gasteiger charge is -2.21. The lowest BCUT2D eigenvalue weighted by atomic mass is 10.0. The zero-order valence-electron chi connectivity index (χ0n) is 10.6. The summed E-state index contributed by atoms with van der Waals surface area (Å²) in [4.78, 5) is 0. The Morgan fingerprint density at radius 3 is 2.50 bits per heavy atom. The smallest absolute Gasteiger partial charge is 0.0613 e. The molecule has 90 valence electrons. The van der Waals surface area contributed by atoms with Gasteiger partial charge in [0.05, 0.1) is 6.61 Å². The van der Waals surface area contributed by atoms with Crippen LogP contribution in [0.5, 0.6) is 0 Å². The Morgan fingerprint density at radius 1 is 1.25 bits per heavy atom. The van der Waals surface area contributed by atoms with Crippen molar-refractivity contribution in [2.75, 3.05) is 13.7 Å². The van der Waals surface area contributed by atoms with Crippen LogP contribution in [-0.4, -0.2) is 25.8 Å². The molecule has 2 nitrogen and oxygen atoms in total. The van der Waals surface area contributed by atoms with Crippen LogP contribution >= 0.6 is 0 Å². The minimum absolute atomic E-state index is 0.415. The maximum Gasteiger partial charge on any atom is 0.0613 e. The first-order valence-corrected chi connectivity index (χ1v) is 6.05. The van der Waals surface area contributed by atoms with Gasteiger partial charge in [0, 0.05) is 19.2 Å². The Bertz CT molecular complexity index is 273. The van der Waals surface area contributed by atoms with Crippen molar-refractivity contribution in [1.29, 1.82) is 0 Å². The van der Waals surface area contributed by atoms with Gasteiger partial charge in [-0.15, -0.1) is 0 Å². The zero-order chi connectivity index (χ0) is 11.8. The summed E-state index contributed by atoms with van der Waals surface area (Å²) in [5.41, 5.74) is 1.39. The molecule has 0 heterocycles. The van der Waals surface area contributed by atoms with Crippen LogP contribution in [0.2, 0.25) is 0 Å². The van der Waals surface area contributed by atoms with Crippen molar-refractivity contribution in [3.8, 4) is 0 Å². The second-order valence-corrected chi connectivity index (χ2v) is 4.32. The number of ether oxygens (including phenoxy) is 1. The molecule has 0 radical (unpaired) electrons. The Labute approximate surface area is 99.0 Å². The first-order valence-electron chi connectivity index (χ1n) is 6.05. The van der Waals surface area contributed by atoms with E-state index in [1.54, 1.807) is 7.11 Å². The minimum Gasteiger partial charge on any atom is -0.383 e. The molecule has 0 aliphatic carbocycles. The fourth-order valence-corrected chi connectivity index (χ4v) is 1.92. The molecular weight excluding hydrogens is 198 g/mol. The van der Waals surface area contributed by atoms with E-state index in [9.17, 15) is 0 Å². The molecule has 0 fully saturated rings. The van der Waals surface area contributed by atoms with Gasteiger partial charge in [-0.1, -0.05) is 37.3 Å². The molecule has 2 heteroatoms. The summed E-state index contributed by atoms with van der Waals surface area (Å²) in [6.45, 7) is 5.16. The second-order valence-electron chi connectivity index (χ2n) is 4.32. The Balaban J connectivity index is 2.43. The van der Waals surface area contributed by atoms with Crippen molar-refractivity contribution in [2.45, 2.75) is 38.8 Å². The van der Waals surface area contributed by atoms with Crippen molar-refractivity contribution in [3.63, 3.8) is 0 Å². The van der Waals surface area contributed by atoms with E-state index in [0.717, 1.165) is 19.4 Å². The molecule has 0 aliphatic heterocycles. The molecule has 1 rings (SSSR count). The van der Waals surface area contributed by atoms with Gasteiger partial charge in [0.2, 0.25) is 0 Å². The lowest BCUT2D eigenvalue weighted by molar-refractivity contribution is 0.166. The lowest BCUT2D eigenvalue weighted by Crippen LogP contribution is -2.39. The van der Waals surface area contributed by atoms with Crippen LogP contribution in [0.3, 0.4) is 0 Å². The average Bonchev–Trinajstić information content (AvgIpc) is 2.30. The molecule has 1 aromatic carbocycles. The molecule has 0 amide bonds. The molecule has 1 aromatic rings. The molecule has 0 bridgehead atoms. The van der Waals surface area contributed by atoms with E-state index in [4.69, 9.17) is 4.74 Å². The molecule has 1 N–H and O–H groups in total. The Morgan fingerprint density at radius 2 is 1.94 bits per heavy atom. The molecule has 0 aromatic heterocycles. The summed E-state index contributed by atoms with van der Waals surface area (Å²) in [6.07, 6.45) is 2.23. The fourth-order valence-electron chi connectivity index (χ4n) is 1.92. The predicted molar refractivity (Wildman–Crippen MR) is 68.7 cm³/mol. The van der Waals surface area contributed by atoms with E-state index in [2.05, 4.69) is 49.5 Å². The summed E-state index contributed by atoms with van der Waals surface area (Å²) in [5, 5.41) is 3.59. The van der Waals surface area contributed by atoms with Crippen LogP contribution in [0.4, 0.5) is 0 Å². The van der Waals surface area contributed by atoms with Crippen molar-refractivity contribution in [2.24, 2.45) is 0 Å². The zero-order valence-corrected chi connectivity index (χ0v) is 10.6. The monoisotopic (exact) mass is 221 g/mol. The van der Waals surface area contributed by atoms with Gasteiger partial charge >= 0.3 is 0 Å². The number of hydrogen-bond donors (Lipinski definition) is 1. The van der Waals surface area contributed by atoms with Gasteiger partial charge in [0.15, 0.2) is 0 Å². The van der Waals surface area contributed by atoms with Crippen molar-refractivity contribution >= 4 is 0 Å². The van der Waals surface area contributed by atoms with E-state index >= 15 is 0 Å². The van der Waals surface area contributed by atoms with Gasteiger partial charge in [-0.25, -0.2) is 0 Å². The first-order chi connectivity index (χ1) is 7.76. The fraction of sp³-hybridized carbons (Fsp3) is 0.571. The summed E-state index contributed by atoms with van der Waals surface area (Å²) < 4.78 is 5.14. The maximum absolute atomic E-state index is 5.14. The molecule has 0 saturated carbocycles. The SMILES string of the molecule is CCC(Cc1ccccc1)NC(C)COC. The van der Waals surface area contributed by atoms with Crippen molar-refractivity contribution in [1.82, 2.24) is 5.32 Å². The minimum atomic E-state index is 0.415. The van der Waals surface area contributed by atoms with E-state index in [1.807, 2.05) is 0 Å². The standard InChI is InChI=1S/C14H23NO/c1-4-14(15-12(2)11-16-3)10-13-8-6-5-7-9-13/h5-9,12,14-15H,4,10-11H2,1-3H3. The third-order valence-corrected chi connectivity index (χ3v) is 2.75. The highest BCUT2D eigenvalue weighted by molar-refractivity contribution is 5.15. The van der Waals surface area contributed by atoms with E-state index < -0.39 is 0 Å². The number of hydrogen-bond acceptors (Lipinski definition) is 2. The van der Waals surface area contributed by atoms with Crippen LogP contribution in [0.1, 0.15) is 25.8 Å². The molecule has 2 atom stereocenters. The highest BCUT2D eigenvalue weighted by Crippen LogP contribution is 2.06. The van der Waals surface area contributed by atoms with Crippen LogP contribution < -0.4 is 5.32 Å². The van der Waals surface area contributed by atoms with Crippen molar-refractivity contribution < 1.29 is 4.74 Å². The summed E-state index contributed by atoms with van der Waals surface area (Å²) in [7, 11) is 1.75. The van der Waals surface area contributed by atoms with Gasteiger partial charge in [-0.2, -0.15) is 0 Å². The van der Waals surface area contributed by atoms with Crippen molar-refractivity contribution in [3.05, 3.63) is 35.9 Å². The van der Waals surface area contributed by atoms with E-state index in [-0.39, 0.29) is 0 Å². The number of methoxy groups -OCH3 is 1. The third kappa shape index (κ3) is 4.77. The topological polar surface area (TPSA) is 21.3 Å². The summed E-state index contributed by atoms with van der Waals surface area (Å²) in [6, 6.07) is 11.6. The summed E-state index contributed by atoms with van der Waals surface area (Å²) >= 11 is 0. The van der Waals surface area contributed by atoms with E-state index in [0.29, 0.717) is 12.1 Å². The highest BCUT2D eigenvalue weighted by Gasteiger charge is 2.10. The molecule has 16 heavy (non-hydrogen) atoms. The number of benzene rings is 1. The second kappa shape index (κ2) is 7.42. The number of rotatable bonds is 7. The third-order valence-electron chi connectivity index (χ3n) is 2.75. The summed E-state index contributed by atoms with van der Waals surface area (Å²) in [5.74, 6) is 0. The molecule has 0 aliphatic rings. The van der Waals surface area contributed by atoms with E-state index in [1.165, 1.54) is 5.56 Å². The van der Waals surface area contributed by atoms with Crippen LogP contribution in [0.25, 0.3) is 0 Å². The average molecular weight is 221 g/mol. The maximum atomic E-state index is 5.14. The van der Waals surface area contributed by atoms with Gasteiger partial charge in [0.25, 0.3) is 0 Å². The van der Waals surface area contributed by atoms with Crippen LogP contribution in [0.15, 0.2) is 30.3 Å². The Hall–Kier alpha value is -0.860. The molecule has 0 saturated heterocycles. The molecular formula is C14H23NO. The van der Waals surface area contributed by atoms with Gasteiger partial charge < -0.3 is 10.1 Å². The first kappa shape index (κ1) is 13.2. The van der Waals surface area contributed by atoms with Crippen LogP contribution in [0, 0.1) is 0 Å². The molecule has 0 spiro atoms. The largest absolute Gasteiger partial charge is 0.383 e.